The third-order valence-electron chi connectivity index (χ3n) is 4.26. The zero-order valence-electron chi connectivity index (χ0n) is 11.2. The Morgan fingerprint density at radius 1 is 1.19 bits per heavy atom. The Kier molecular flexibility index (Phi) is 2.96. The van der Waals surface area contributed by atoms with Gasteiger partial charge in [0.25, 0.3) is 0 Å². The molecule has 0 amide bonds. The second-order valence-electron chi connectivity index (χ2n) is 6.25. The highest BCUT2D eigenvalue weighted by Gasteiger charge is 2.52. The zero-order chi connectivity index (χ0) is 12.0. The molecule has 1 saturated heterocycles. The molecule has 0 spiro atoms. The lowest BCUT2D eigenvalue weighted by Gasteiger charge is -2.32. The number of allylic oxidation sites excluding steroid dienone is 2. The minimum absolute atomic E-state index is 0.113. The molecule has 0 aromatic carbocycles. The van der Waals surface area contributed by atoms with Crippen LogP contribution in [-0.2, 0) is 9.31 Å². The van der Waals surface area contributed by atoms with E-state index in [-0.39, 0.29) is 18.3 Å². The van der Waals surface area contributed by atoms with E-state index in [9.17, 15) is 0 Å². The molecule has 2 nitrogen and oxygen atoms in total. The van der Waals surface area contributed by atoms with Gasteiger partial charge in [-0.25, -0.2) is 0 Å². The topological polar surface area (TPSA) is 18.5 Å². The minimum Gasteiger partial charge on any atom is -0.400 e. The second-order valence-corrected chi connectivity index (χ2v) is 6.25. The van der Waals surface area contributed by atoms with Crippen molar-refractivity contribution in [1.29, 1.82) is 0 Å². The fourth-order valence-electron chi connectivity index (χ4n) is 2.19. The van der Waals surface area contributed by atoms with Crippen LogP contribution in [0.2, 0.25) is 0 Å². The van der Waals surface area contributed by atoms with Gasteiger partial charge in [-0.15, -0.1) is 0 Å². The van der Waals surface area contributed by atoms with Crippen LogP contribution in [0.3, 0.4) is 0 Å². The van der Waals surface area contributed by atoms with Crippen LogP contribution >= 0.6 is 0 Å². The Morgan fingerprint density at radius 2 is 1.75 bits per heavy atom. The minimum atomic E-state index is -0.207. The van der Waals surface area contributed by atoms with Gasteiger partial charge in [0.05, 0.1) is 11.2 Å². The van der Waals surface area contributed by atoms with Gasteiger partial charge in [0.1, 0.15) is 0 Å². The molecule has 2 aliphatic rings. The van der Waals surface area contributed by atoms with Gasteiger partial charge in [-0.3, -0.25) is 0 Å². The summed E-state index contributed by atoms with van der Waals surface area (Å²) in [5.74, 6) is 0.811. The molecule has 1 atom stereocenters. The van der Waals surface area contributed by atoms with Crippen molar-refractivity contribution in [2.24, 2.45) is 5.92 Å². The van der Waals surface area contributed by atoms with E-state index < -0.39 is 0 Å². The van der Waals surface area contributed by atoms with Crippen LogP contribution in [0.15, 0.2) is 11.5 Å². The van der Waals surface area contributed by atoms with Crippen LogP contribution in [-0.4, -0.2) is 18.3 Å². The van der Waals surface area contributed by atoms with E-state index in [0.717, 1.165) is 12.3 Å². The zero-order valence-corrected chi connectivity index (χ0v) is 11.2. The average Bonchev–Trinajstić information content (AvgIpc) is 2.37. The van der Waals surface area contributed by atoms with Crippen LogP contribution in [0.4, 0.5) is 0 Å². The van der Waals surface area contributed by atoms with Gasteiger partial charge in [-0.2, -0.15) is 0 Å². The summed E-state index contributed by atoms with van der Waals surface area (Å²) in [7, 11) is -0.113. The normalized spacial score (nSPS) is 32.7. The molecular formula is C13H23BO2. The predicted octanol–water partition coefficient (Wildman–Crippen LogP) is 3.36. The molecule has 0 radical (unpaired) electrons. The molecule has 1 unspecified atom stereocenters. The van der Waals surface area contributed by atoms with Crippen molar-refractivity contribution < 1.29 is 9.31 Å². The van der Waals surface area contributed by atoms with Crippen LogP contribution in [0.1, 0.15) is 53.9 Å². The quantitative estimate of drug-likeness (QED) is 0.633. The van der Waals surface area contributed by atoms with Crippen LogP contribution in [0.25, 0.3) is 0 Å². The van der Waals surface area contributed by atoms with Crippen LogP contribution < -0.4 is 0 Å². The Labute approximate surface area is 99.5 Å². The van der Waals surface area contributed by atoms with Crippen molar-refractivity contribution in [3.05, 3.63) is 11.5 Å². The highest BCUT2D eigenvalue weighted by Crippen LogP contribution is 2.40. The summed E-state index contributed by atoms with van der Waals surface area (Å²) in [4.78, 5) is 0. The summed E-state index contributed by atoms with van der Waals surface area (Å²) in [5.41, 5.74) is 0.931. The van der Waals surface area contributed by atoms with Crippen molar-refractivity contribution in [2.45, 2.75) is 65.1 Å². The first-order chi connectivity index (χ1) is 7.32. The van der Waals surface area contributed by atoms with Crippen LogP contribution in [0.5, 0.6) is 0 Å². The van der Waals surface area contributed by atoms with Crippen molar-refractivity contribution in [1.82, 2.24) is 0 Å². The predicted molar refractivity (Wildman–Crippen MR) is 67.2 cm³/mol. The molecule has 1 heterocycles. The Bertz CT molecular complexity index is 291. The fraction of sp³-hybridized carbons (Fsp3) is 0.846. The van der Waals surface area contributed by atoms with Gasteiger partial charge in [-0.05, 0) is 58.3 Å². The molecule has 0 aromatic heterocycles. The van der Waals surface area contributed by atoms with Gasteiger partial charge >= 0.3 is 7.12 Å². The molecule has 0 bridgehead atoms. The van der Waals surface area contributed by atoms with Gasteiger partial charge in [-0.1, -0.05) is 13.0 Å². The summed E-state index contributed by atoms with van der Waals surface area (Å²) in [6.45, 7) is 10.7. The number of rotatable bonds is 1. The maximum absolute atomic E-state index is 6.05. The van der Waals surface area contributed by atoms with E-state index in [1.165, 1.54) is 18.3 Å². The van der Waals surface area contributed by atoms with E-state index in [4.69, 9.17) is 9.31 Å². The maximum atomic E-state index is 6.05. The molecule has 3 heteroatoms. The molecule has 0 aromatic rings. The first-order valence-corrected chi connectivity index (χ1v) is 6.36. The van der Waals surface area contributed by atoms with Crippen molar-refractivity contribution >= 4 is 7.12 Å². The van der Waals surface area contributed by atoms with E-state index in [1.807, 2.05) is 0 Å². The molecule has 1 fully saturated rings. The average molecular weight is 222 g/mol. The third-order valence-corrected chi connectivity index (χ3v) is 4.26. The number of hydrogen-bond donors (Lipinski definition) is 0. The molecule has 1 aliphatic heterocycles. The summed E-state index contributed by atoms with van der Waals surface area (Å²) < 4.78 is 12.1. The second kappa shape index (κ2) is 3.88. The van der Waals surface area contributed by atoms with Gasteiger partial charge in [0.15, 0.2) is 0 Å². The standard InChI is InChI=1S/C13H23BO2/c1-10-6-8-11(9-7-10)14-15-12(2,3)13(4,5)16-14/h8,10H,6-7,9H2,1-5H3. The Balaban J connectivity index is 2.09. The Morgan fingerprint density at radius 3 is 2.19 bits per heavy atom. The smallest absolute Gasteiger partial charge is 0.400 e. The fourth-order valence-corrected chi connectivity index (χ4v) is 2.19. The molecule has 0 saturated carbocycles. The van der Waals surface area contributed by atoms with Crippen molar-refractivity contribution in [2.75, 3.05) is 0 Å². The molecule has 1 aliphatic carbocycles. The molecule has 16 heavy (non-hydrogen) atoms. The third kappa shape index (κ3) is 2.08. The molecule has 0 N–H and O–H groups in total. The molecule has 90 valence electrons. The molecule has 2 rings (SSSR count). The maximum Gasteiger partial charge on any atom is 0.490 e. The van der Waals surface area contributed by atoms with Gasteiger partial charge < -0.3 is 9.31 Å². The van der Waals surface area contributed by atoms with Crippen LogP contribution in [0, 0.1) is 5.92 Å². The first kappa shape index (κ1) is 12.2. The Hall–Kier alpha value is -0.275. The lowest BCUT2D eigenvalue weighted by Crippen LogP contribution is -2.41. The van der Waals surface area contributed by atoms with Crippen molar-refractivity contribution in [3.8, 4) is 0 Å². The lowest BCUT2D eigenvalue weighted by molar-refractivity contribution is 0.00578. The van der Waals surface area contributed by atoms with E-state index in [2.05, 4.69) is 40.7 Å². The van der Waals surface area contributed by atoms with Crippen molar-refractivity contribution in [3.63, 3.8) is 0 Å². The van der Waals surface area contributed by atoms with E-state index in [0.29, 0.717) is 0 Å². The summed E-state index contributed by atoms with van der Waals surface area (Å²) in [5, 5.41) is 0. The summed E-state index contributed by atoms with van der Waals surface area (Å²) in [6, 6.07) is 0. The van der Waals surface area contributed by atoms with E-state index >= 15 is 0 Å². The lowest BCUT2D eigenvalue weighted by atomic mass is 9.71. The highest BCUT2D eigenvalue weighted by molar-refractivity contribution is 6.54. The monoisotopic (exact) mass is 222 g/mol. The largest absolute Gasteiger partial charge is 0.490 e. The number of hydrogen-bond acceptors (Lipinski definition) is 2. The van der Waals surface area contributed by atoms with Gasteiger partial charge in [0.2, 0.25) is 0 Å². The first-order valence-electron chi connectivity index (χ1n) is 6.36. The highest BCUT2D eigenvalue weighted by atomic mass is 16.7. The van der Waals surface area contributed by atoms with Gasteiger partial charge in [0, 0.05) is 0 Å². The summed E-state index contributed by atoms with van der Waals surface area (Å²) in [6.07, 6.45) is 5.86. The SMILES string of the molecule is CC1CC=C(B2OC(C)(C)C(C)(C)O2)CC1. The van der Waals surface area contributed by atoms with E-state index in [1.54, 1.807) is 0 Å². The molecular weight excluding hydrogens is 199 g/mol. The summed E-state index contributed by atoms with van der Waals surface area (Å²) >= 11 is 0.